The lowest BCUT2D eigenvalue weighted by molar-refractivity contribution is -0.322. The molecule has 2 saturated heterocycles. The zero-order chi connectivity index (χ0) is 37.6. The molecule has 2 aromatic rings. The number of allylic oxidation sites excluding steroid dienone is 1. The Balaban J connectivity index is 1.40. The van der Waals surface area contributed by atoms with Crippen LogP contribution in [0, 0.1) is 5.92 Å². The molecule has 0 unspecified atom stereocenters. The van der Waals surface area contributed by atoms with Gasteiger partial charge in [-0.2, -0.15) is 0 Å². The van der Waals surface area contributed by atoms with Crippen LogP contribution in [-0.4, -0.2) is 65.0 Å². The molecule has 290 valence electrons. The van der Waals surface area contributed by atoms with Crippen molar-refractivity contribution in [2.24, 2.45) is 5.92 Å². The third-order valence-electron chi connectivity index (χ3n) is 10.9. The van der Waals surface area contributed by atoms with Gasteiger partial charge in [0.1, 0.15) is 0 Å². The van der Waals surface area contributed by atoms with E-state index in [1.165, 1.54) is 49.6 Å². The standard InChI is InChI=1S/C44H68O7Si/c1-8-9-10-14-23-30-43(47-34-35-48-43)31-24-15-12-11-13-18-25-37-36-49-42(5,6)51-44(37,40(45)46-7)32-33-50-52(41(2,3)4,38-26-19-16-20-27-38)39-28-21-17-22-29-39/h16-22,25-29,37H,8-15,23-24,30-36H2,1-7H3/b25-18-/t37-,44+/m1/s1. The highest BCUT2D eigenvalue weighted by Gasteiger charge is 2.55. The first-order valence-electron chi connectivity index (χ1n) is 20.1. The summed E-state index contributed by atoms with van der Waals surface area (Å²) in [6.07, 6.45) is 18.3. The van der Waals surface area contributed by atoms with Crippen LogP contribution in [0.1, 0.15) is 125 Å². The summed E-state index contributed by atoms with van der Waals surface area (Å²) in [4.78, 5) is 13.8. The van der Waals surface area contributed by atoms with Gasteiger partial charge in [0.25, 0.3) is 8.32 Å². The van der Waals surface area contributed by atoms with Crippen molar-refractivity contribution in [1.29, 1.82) is 0 Å². The third kappa shape index (κ3) is 10.9. The molecule has 0 radical (unpaired) electrons. The summed E-state index contributed by atoms with van der Waals surface area (Å²) in [6.45, 7) is 14.9. The van der Waals surface area contributed by atoms with Gasteiger partial charge in [-0.25, -0.2) is 4.79 Å². The van der Waals surface area contributed by atoms with Crippen molar-refractivity contribution in [3.05, 3.63) is 72.8 Å². The molecule has 2 aliphatic heterocycles. The van der Waals surface area contributed by atoms with Gasteiger partial charge < -0.3 is 28.1 Å². The first kappa shape index (κ1) is 42.4. The van der Waals surface area contributed by atoms with E-state index in [9.17, 15) is 4.79 Å². The van der Waals surface area contributed by atoms with Crippen molar-refractivity contribution in [3.63, 3.8) is 0 Å². The number of hydrogen-bond donors (Lipinski definition) is 0. The van der Waals surface area contributed by atoms with Crippen molar-refractivity contribution in [3.8, 4) is 0 Å². The van der Waals surface area contributed by atoms with Crippen molar-refractivity contribution in [1.82, 2.24) is 0 Å². The largest absolute Gasteiger partial charge is 0.467 e. The fourth-order valence-corrected chi connectivity index (χ4v) is 12.7. The predicted octanol–water partition coefficient (Wildman–Crippen LogP) is 9.26. The van der Waals surface area contributed by atoms with E-state index in [0.717, 1.165) is 44.9 Å². The first-order valence-corrected chi connectivity index (χ1v) is 22.0. The average Bonchev–Trinajstić information content (AvgIpc) is 3.60. The molecule has 0 bridgehead atoms. The summed E-state index contributed by atoms with van der Waals surface area (Å²) in [5.74, 6) is -2.01. The molecule has 0 amide bonds. The van der Waals surface area contributed by atoms with Gasteiger partial charge in [-0.3, -0.25) is 0 Å². The molecule has 0 spiro atoms. The van der Waals surface area contributed by atoms with Crippen LogP contribution in [0.25, 0.3) is 0 Å². The van der Waals surface area contributed by atoms with Crippen molar-refractivity contribution >= 4 is 24.7 Å². The van der Waals surface area contributed by atoms with Gasteiger partial charge in [-0.1, -0.05) is 139 Å². The summed E-state index contributed by atoms with van der Waals surface area (Å²) in [5, 5.41) is 2.22. The Bertz CT molecular complexity index is 1310. The highest BCUT2D eigenvalue weighted by molar-refractivity contribution is 6.99. The molecular weight excluding hydrogens is 669 g/mol. The number of methoxy groups -OCH3 is 1. The topological polar surface area (TPSA) is 72.5 Å². The number of unbranched alkanes of at least 4 members (excludes halogenated alkanes) is 8. The maximum Gasteiger partial charge on any atom is 0.339 e. The Morgan fingerprint density at radius 2 is 1.37 bits per heavy atom. The predicted molar refractivity (Wildman–Crippen MR) is 212 cm³/mol. The minimum atomic E-state index is -2.82. The van der Waals surface area contributed by atoms with Crippen LogP contribution >= 0.6 is 0 Å². The van der Waals surface area contributed by atoms with Gasteiger partial charge in [0, 0.05) is 31.8 Å². The van der Waals surface area contributed by atoms with Crippen LogP contribution in [0.15, 0.2) is 72.8 Å². The second-order valence-corrected chi connectivity index (χ2v) is 20.5. The second-order valence-electron chi connectivity index (χ2n) is 16.2. The van der Waals surface area contributed by atoms with Gasteiger partial charge >= 0.3 is 5.97 Å². The van der Waals surface area contributed by atoms with Crippen molar-refractivity contribution in [2.45, 2.75) is 147 Å². The maximum atomic E-state index is 13.8. The zero-order valence-corrected chi connectivity index (χ0v) is 34.4. The lowest BCUT2D eigenvalue weighted by Gasteiger charge is -2.48. The molecule has 0 N–H and O–H groups in total. The zero-order valence-electron chi connectivity index (χ0n) is 33.4. The summed E-state index contributed by atoms with van der Waals surface area (Å²) in [5.41, 5.74) is -1.25. The Morgan fingerprint density at radius 3 is 1.90 bits per heavy atom. The number of carbonyl (C=O) groups excluding carboxylic acids is 1. The number of benzene rings is 2. The third-order valence-corrected chi connectivity index (χ3v) is 15.9. The quantitative estimate of drug-likeness (QED) is 0.0548. The number of carbonyl (C=O) groups is 1. The SMILES string of the molecule is CCCCCCCC1(CCCCCC/C=C\[C@@H]2COC(C)(C)O[C@]2(CCO[Si](c2ccccc2)(c2ccccc2)C(C)(C)C)C(=O)OC)OCCO1. The van der Waals surface area contributed by atoms with E-state index >= 15 is 0 Å². The van der Waals surface area contributed by atoms with Crippen LogP contribution < -0.4 is 10.4 Å². The average molecular weight is 737 g/mol. The molecule has 4 rings (SSSR count). The molecule has 2 aliphatic rings. The Hall–Kier alpha value is -2.33. The lowest BCUT2D eigenvalue weighted by Crippen LogP contribution is -2.67. The van der Waals surface area contributed by atoms with E-state index in [2.05, 4.69) is 88.4 Å². The van der Waals surface area contributed by atoms with Crippen molar-refractivity contribution < 1.29 is 32.9 Å². The minimum absolute atomic E-state index is 0.185. The molecule has 0 saturated carbocycles. The summed E-state index contributed by atoms with van der Waals surface area (Å²) in [6, 6.07) is 21.2. The van der Waals surface area contributed by atoms with E-state index in [-0.39, 0.29) is 22.7 Å². The van der Waals surface area contributed by atoms with Gasteiger partial charge in [0.05, 0.1) is 26.9 Å². The van der Waals surface area contributed by atoms with Gasteiger partial charge in [0.2, 0.25) is 0 Å². The van der Waals surface area contributed by atoms with E-state index in [0.29, 0.717) is 32.8 Å². The van der Waals surface area contributed by atoms with Crippen LogP contribution in [-0.2, 0) is 32.9 Å². The number of hydrogen-bond acceptors (Lipinski definition) is 7. The molecule has 8 heteroatoms. The number of esters is 1. The number of rotatable bonds is 21. The normalized spacial score (nSPS) is 21.8. The van der Waals surface area contributed by atoms with Crippen LogP contribution in [0.2, 0.25) is 5.04 Å². The van der Waals surface area contributed by atoms with Gasteiger partial charge in [-0.05, 0) is 54.9 Å². The van der Waals surface area contributed by atoms with E-state index in [1.54, 1.807) is 0 Å². The smallest absolute Gasteiger partial charge is 0.339 e. The van der Waals surface area contributed by atoms with Crippen molar-refractivity contribution in [2.75, 3.05) is 33.5 Å². The van der Waals surface area contributed by atoms with Gasteiger partial charge in [-0.15, -0.1) is 0 Å². The van der Waals surface area contributed by atoms with E-state index in [4.69, 9.17) is 28.1 Å². The Kier molecular flexibility index (Phi) is 16.2. The molecule has 2 heterocycles. The molecule has 52 heavy (non-hydrogen) atoms. The molecule has 2 fully saturated rings. The fraction of sp³-hybridized carbons (Fsp3) is 0.659. The first-order chi connectivity index (χ1) is 24.9. The van der Waals surface area contributed by atoms with E-state index < -0.39 is 19.7 Å². The molecule has 2 aromatic carbocycles. The molecule has 0 aromatic heterocycles. The Labute approximate surface area is 316 Å². The molecular formula is C44H68O7Si. The summed E-state index contributed by atoms with van der Waals surface area (Å²) >= 11 is 0. The minimum Gasteiger partial charge on any atom is -0.467 e. The monoisotopic (exact) mass is 736 g/mol. The second kappa shape index (κ2) is 19.8. The van der Waals surface area contributed by atoms with E-state index in [1.807, 2.05) is 26.0 Å². The number of ether oxygens (including phenoxy) is 5. The molecule has 2 atom stereocenters. The van der Waals surface area contributed by atoms with Crippen LogP contribution in [0.4, 0.5) is 0 Å². The highest BCUT2D eigenvalue weighted by atomic mass is 28.4. The van der Waals surface area contributed by atoms with Crippen LogP contribution in [0.3, 0.4) is 0 Å². The Morgan fingerprint density at radius 1 is 0.808 bits per heavy atom. The maximum absolute atomic E-state index is 13.8. The summed E-state index contributed by atoms with van der Waals surface area (Å²) in [7, 11) is -1.37. The summed E-state index contributed by atoms with van der Waals surface area (Å²) < 4.78 is 37.7. The molecule has 7 nitrogen and oxygen atoms in total. The fourth-order valence-electron chi connectivity index (χ4n) is 8.18. The van der Waals surface area contributed by atoms with Crippen LogP contribution in [0.5, 0.6) is 0 Å². The highest BCUT2D eigenvalue weighted by Crippen LogP contribution is 2.42. The molecule has 0 aliphatic carbocycles. The lowest BCUT2D eigenvalue weighted by atomic mass is 9.82. The van der Waals surface area contributed by atoms with Gasteiger partial charge in [0.15, 0.2) is 17.2 Å².